The molecule has 0 aliphatic carbocycles. The van der Waals surface area contributed by atoms with Gasteiger partial charge in [0.15, 0.2) is 17.5 Å². The number of anilines is 4. The van der Waals surface area contributed by atoms with Gasteiger partial charge in [0.05, 0.1) is 34.1 Å². The Bertz CT molecular complexity index is 1490. The van der Waals surface area contributed by atoms with Crippen molar-refractivity contribution in [3.63, 3.8) is 0 Å². The Morgan fingerprint density at radius 3 is 2.45 bits per heavy atom. The molecule has 1 spiro atoms. The molecule has 3 fully saturated rings. The van der Waals surface area contributed by atoms with Crippen LogP contribution in [0.2, 0.25) is 10.0 Å². The maximum absolute atomic E-state index is 14.6. The van der Waals surface area contributed by atoms with E-state index in [4.69, 9.17) is 28.0 Å². The lowest BCUT2D eigenvalue weighted by Gasteiger charge is -2.50. The molecule has 1 aromatic heterocycles. The number of aromatic nitrogens is 2. The zero-order valence-corrected chi connectivity index (χ0v) is 26.4. The number of likely N-dealkylation sites (tertiary alicyclic amines) is 1. The predicted molar refractivity (Wildman–Crippen MR) is 169 cm³/mol. The Morgan fingerprint density at radius 2 is 1.73 bits per heavy atom. The first kappa shape index (κ1) is 31.2. The van der Waals surface area contributed by atoms with Crippen molar-refractivity contribution < 1.29 is 18.0 Å². The molecule has 0 bridgehead atoms. The van der Waals surface area contributed by atoms with Crippen molar-refractivity contribution in [1.29, 1.82) is 0 Å². The van der Waals surface area contributed by atoms with Gasteiger partial charge in [0, 0.05) is 36.7 Å². The number of hydrogen-bond acceptors (Lipinski definition) is 7. The zero-order valence-electron chi connectivity index (χ0n) is 24.9. The number of rotatable bonds is 7. The Kier molecular flexibility index (Phi) is 8.89. The SMILES string of the molecule is CC(C)(CF)N1CCC2(CCN(c3cc(Cl)c(Nc4cc(N5OCC[C@@H]5c5cccc(F)c5F)ncn4)cc3Cl)CC2)CC1. The summed E-state index contributed by atoms with van der Waals surface area (Å²) in [6.45, 7) is 7.60. The van der Waals surface area contributed by atoms with Gasteiger partial charge in [-0.3, -0.25) is 9.74 Å². The van der Waals surface area contributed by atoms with E-state index in [1.54, 1.807) is 18.2 Å². The summed E-state index contributed by atoms with van der Waals surface area (Å²) in [6.07, 6.45) is 6.14. The van der Waals surface area contributed by atoms with Crippen LogP contribution in [0.15, 0.2) is 42.7 Å². The normalized spacial score (nSPS) is 20.8. The third kappa shape index (κ3) is 6.18. The first-order chi connectivity index (χ1) is 21.1. The van der Waals surface area contributed by atoms with E-state index in [0.717, 1.165) is 63.6 Å². The van der Waals surface area contributed by atoms with Gasteiger partial charge in [0.2, 0.25) is 0 Å². The first-order valence-electron chi connectivity index (χ1n) is 15.1. The van der Waals surface area contributed by atoms with E-state index in [1.165, 1.54) is 17.5 Å². The molecular formula is C32H37Cl2F3N6O. The van der Waals surface area contributed by atoms with Gasteiger partial charge >= 0.3 is 0 Å². The molecule has 2 aromatic carbocycles. The van der Waals surface area contributed by atoms with Crippen molar-refractivity contribution in [3.8, 4) is 0 Å². The number of nitrogens with zero attached hydrogens (tertiary/aromatic N) is 5. The lowest BCUT2D eigenvalue weighted by molar-refractivity contribution is 0.0112. The van der Waals surface area contributed by atoms with E-state index in [0.29, 0.717) is 45.8 Å². The lowest BCUT2D eigenvalue weighted by atomic mass is 9.70. The largest absolute Gasteiger partial charge is 0.370 e. The van der Waals surface area contributed by atoms with Crippen molar-refractivity contribution in [3.05, 3.63) is 70.0 Å². The highest BCUT2D eigenvalue weighted by atomic mass is 35.5. The summed E-state index contributed by atoms with van der Waals surface area (Å²) in [6, 6.07) is 8.92. The van der Waals surface area contributed by atoms with Crippen molar-refractivity contribution >= 4 is 46.2 Å². The number of alkyl halides is 1. The maximum Gasteiger partial charge on any atom is 0.164 e. The third-order valence-corrected chi connectivity index (χ3v) is 10.2. The highest BCUT2D eigenvalue weighted by Crippen LogP contribution is 2.45. The summed E-state index contributed by atoms with van der Waals surface area (Å²) >= 11 is 13.6. The monoisotopic (exact) mass is 648 g/mol. The summed E-state index contributed by atoms with van der Waals surface area (Å²) in [5, 5.41) is 5.76. The molecule has 3 aromatic rings. The second-order valence-electron chi connectivity index (χ2n) is 12.7. The van der Waals surface area contributed by atoms with Crippen LogP contribution < -0.4 is 15.3 Å². The molecule has 4 heterocycles. The fraction of sp³-hybridized carbons (Fsp3) is 0.500. The quantitative estimate of drug-likeness (QED) is 0.278. The van der Waals surface area contributed by atoms with Crippen molar-refractivity contribution in [2.75, 3.05) is 54.7 Å². The number of benzene rings is 2. The Hall–Kier alpha value is -2.79. The summed E-state index contributed by atoms with van der Waals surface area (Å²) in [5.74, 6) is -0.961. The molecular weight excluding hydrogens is 612 g/mol. The van der Waals surface area contributed by atoms with Gasteiger partial charge in [0.25, 0.3) is 0 Å². The molecule has 1 N–H and O–H groups in total. The molecule has 0 amide bonds. The van der Waals surface area contributed by atoms with E-state index in [9.17, 15) is 13.2 Å². The second kappa shape index (κ2) is 12.5. The molecule has 0 unspecified atom stereocenters. The van der Waals surface area contributed by atoms with Gasteiger partial charge in [-0.25, -0.2) is 28.2 Å². The van der Waals surface area contributed by atoms with Gasteiger partial charge in [-0.1, -0.05) is 35.3 Å². The van der Waals surface area contributed by atoms with E-state index in [1.807, 2.05) is 19.9 Å². The molecule has 0 radical (unpaired) electrons. The Morgan fingerprint density at radius 1 is 1.00 bits per heavy atom. The van der Waals surface area contributed by atoms with Gasteiger partial charge in [-0.2, -0.15) is 0 Å². The second-order valence-corrected chi connectivity index (χ2v) is 13.5. The molecule has 7 nitrogen and oxygen atoms in total. The highest BCUT2D eigenvalue weighted by molar-refractivity contribution is 6.37. The summed E-state index contributed by atoms with van der Waals surface area (Å²) in [7, 11) is 0. The minimum absolute atomic E-state index is 0.205. The molecule has 1 atom stereocenters. The van der Waals surface area contributed by atoms with Gasteiger partial charge in [-0.15, -0.1) is 0 Å². The summed E-state index contributed by atoms with van der Waals surface area (Å²) in [4.78, 5) is 19.0. The Balaban J connectivity index is 1.12. The van der Waals surface area contributed by atoms with Crippen molar-refractivity contribution in [2.45, 2.75) is 57.5 Å². The molecule has 3 saturated heterocycles. The minimum Gasteiger partial charge on any atom is -0.370 e. The number of halogens is 5. The van der Waals surface area contributed by atoms with Crippen LogP contribution in [0.1, 0.15) is 57.6 Å². The number of piperidine rings is 2. The molecule has 44 heavy (non-hydrogen) atoms. The fourth-order valence-corrected chi connectivity index (χ4v) is 7.18. The standard InChI is InChI=1S/C32H37Cl2F3N6O/c1-31(2,19-35)42-13-9-32(10-14-42)7-11-41(12-8-32)27-17-22(33)25(16-23(27)34)40-28-18-29(39-20-38-28)43-26(6-15-44-43)21-4-3-5-24(36)30(21)37/h3-5,16-18,20,26H,6-15,19H2,1-2H3,(H,38,39,40)/t26-/m1/s1. The lowest BCUT2D eigenvalue weighted by Crippen LogP contribution is -2.53. The molecule has 3 aliphatic rings. The topological polar surface area (TPSA) is 56.8 Å². The molecule has 0 saturated carbocycles. The highest BCUT2D eigenvalue weighted by Gasteiger charge is 2.41. The van der Waals surface area contributed by atoms with Crippen LogP contribution in [0.4, 0.5) is 36.2 Å². The first-order valence-corrected chi connectivity index (χ1v) is 15.8. The van der Waals surface area contributed by atoms with Crippen molar-refractivity contribution in [2.24, 2.45) is 5.41 Å². The molecule has 236 valence electrons. The van der Waals surface area contributed by atoms with Crippen LogP contribution in [0.25, 0.3) is 0 Å². The van der Waals surface area contributed by atoms with Crippen LogP contribution >= 0.6 is 23.2 Å². The molecule has 6 rings (SSSR count). The van der Waals surface area contributed by atoms with Crippen molar-refractivity contribution in [1.82, 2.24) is 14.9 Å². The van der Waals surface area contributed by atoms with Crippen LogP contribution in [0.3, 0.4) is 0 Å². The fourth-order valence-electron chi connectivity index (χ4n) is 6.70. The van der Waals surface area contributed by atoms with E-state index >= 15 is 0 Å². The average molecular weight is 650 g/mol. The minimum atomic E-state index is -0.905. The van der Waals surface area contributed by atoms with Gasteiger partial charge in [-0.05, 0) is 76.2 Å². The van der Waals surface area contributed by atoms with Crippen LogP contribution in [-0.4, -0.2) is 59.9 Å². The van der Waals surface area contributed by atoms with Crippen LogP contribution in [-0.2, 0) is 4.84 Å². The number of nitrogens with one attached hydrogen (secondary N) is 1. The third-order valence-electron chi connectivity index (χ3n) is 9.59. The number of hydroxylamine groups is 1. The number of hydrogen-bond donors (Lipinski definition) is 1. The average Bonchev–Trinajstić information content (AvgIpc) is 3.51. The predicted octanol–water partition coefficient (Wildman–Crippen LogP) is 8.12. The maximum atomic E-state index is 14.6. The van der Waals surface area contributed by atoms with E-state index in [-0.39, 0.29) is 12.2 Å². The van der Waals surface area contributed by atoms with E-state index in [2.05, 4.69) is 25.1 Å². The Labute approximate surface area is 266 Å². The van der Waals surface area contributed by atoms with Gasteiger partial charge < -0.3 is 10.2 Å². The van der Waals surface area contributed by atoms with Crippen LogP contribution in [0, 0.1) is 17.0 Å². The van der Waals surface area contributed by atoms with Gasteiger partial charge in [0.1, 0.15) is 18.8 Å². The van der Waals surface area contributed by atoms with E-state index < -0.39 is 23.2 Å². The summed E-state index contributed by atoms with van der Waals surface area (Å²) < 4.78 is 42.0. The van der Waals surface area contributed by atoms with Crippen LogP contribution in [0.5, 0.6) is 0 Å². The zero-order chi connectivity index (χ0) is 31.1. The molecule has 3 aliphatic heterocycles. The molecule has 12 heteroatoms. The smallest absolute Gasteiger partial charge is 0.164 e. The summed E-state index contributed by atoms with van der Waals surface area (Å²) in [5.41, 5.74) is 1.57.